The molecule has 5 heteroatoms. The number of rotatable bonds is 6. The minimum Gasteiger partial charge on any atom is -0.480 e. The van der Waals surface area contributed by atoms with Crippen molar-refractivity contribution in [1.82, 2.24) is 9.88 Å². The van der Waals surface area contributed by atoms with Gasteiger partial charge in [0.1, 0.15) is 11.7 Å². The number of aryl methyl sites for hydroxylation is 1. The number of carboxylic acids is 1. The van der Waals surface area contributed by atoms with Crippen LogP contribution in [0.4, 0.5) is 0 Å². The third-order valence-corrected chi connectivity index (χ3v) is 3.17. The number of carbonyl (C=O) groups excluding carboxylic acids is 1. The van der Waals surface area contributed by atoms with Crippen molar-refractivity contribution in [2.45, 2.75) is 39.8 Å². The van der Waals surface area contributed by atoms with Crippen molar-refractivity contribution in [2.75, 3.05) is 0 Å². The van der Waals surface area contributed by atoms with Gasteiger partial charge in [-0.25, -0.2) is 4.79 Å². The molecule has 1 aromatic heterocycles. The Labute approximate surface area is 107 Å². The van der Waals surface area contributed by atoms with Gasteiger partial charge in [-0.1, -0.05) is 20.3 Å². The summed E-state index contributed by atoms with van der Waals surface area (Å²) in [6, 6.07) is 2.62. The van der Waals surface area contributed by atoms with Gasteiger partial charge in [-0.2, -0.15) is 0 Å². The summed E-state index contributed by atoms with van der Waals surface area (Å²) >= 11 is 0. The highest BCUT2D eigenvalue weighted by Gasteiger charge is 2.26. The van der Waals surface area contributed by atoms with E-state index in [0.717, 1.165) is 0 Å². The summed E-state index contributed by atoms with van der Waals surface area (Å²) in [6.07, 6.45) is 2.50. The Bertz CT molecular complexity index is 426. The van der Waals surface area contributed by atoms with Gasteiger partial charge in [-0.3, -0.25) is 4.79 Å². The number of nitrogens with one attached hydrogen (secondary N) is 1. The van der Waals surface area contributed by atoms with E-state index in [4.69, 9.17) is 5.11 Å². The van der Waals surface area contributed by atoms with Crippen LogP contribution in [0, 0.1) is 5.92 Å². The molecule has 1 rings (SSSR count). The zero-order valence-corrected chi connectivity index (χ0v) is 11.0. The SMILES string of the molecule is CCC(C)C(NC(=O)c1cccn1CC)C(=O)O. The fraction of sp³-hybridized carbons (Fsp3) is 0.538. The van der Waals surface area contributed by atoms with Crippen molar-refractivity contribution < 1.29 is 14.7 Å². The zero-order valence-electron chi connectivity index (χ0n) is 11.0. The predicted molar refractivity (Wildman–Crippen MR) is 68.5 cm³/mol. The standard InChI is InChI=1S/C13H20N2O3/c1-4-9(3)11(13(17)18)14-12(16)10-7-6-8-15(10)5-2/h6-9,11H,4-5H2,1-3H3,(H,14,16)(H,17,18). The van der Waals surface area contributed by atoms with E-state index in [1.807, 2.05) is 20.8 Å². The second-order valence-electron chi connectivity index (χ2n) is 4.35. The molecule has 0 aliphatic heterocycles. The maximum Gasteiger partial charge on any atom is 0.326 e. The lowest BCUT2D eigenvalue weighted by Crippen LogP contribution is -2.45. The molecule has 0 fully saturated rings. The lowest BCUT2D eigenvalue weighted by atomic mass is 9.99. The Kier molecular flexibility index (Phi) is 4.95. The molecule has 2 atom stereocenters. The van der Waals surface area contributed by atoms with E-state index in [9.17, 15) is 9.59 Å². The summed E-state index contributed by atoms with van der Waals surface area (Å²) in [5, 5.41) is 11.7. The minimum absolute atomic E-state index is 0.100. The Morgan fingerprint density at radius 3 is 2.61 bits per heavy atom. The Balaban J connectivity index is 2.82. The zero-order chi connectivity index (χ0) is 13.7. The van der Waals surface area contributed by atoms with E-state index in [-0.39, 0.29) is 11.8 Å². The average molecular weight is 252 g/mol. The summed E-state index contributed by atoms with van der Waals surface area (Å²) in [5.41, 5.74) is 0.493. The molecular weight excluding hydrogens is 232 g/mol. The molecule has 0 aliphatic rings. The molecule has 2 unspecified atom stereocenters. The van der Waals surface area contributed by atoms with Gasteiger partial charge in [-0.15, -0.1) is 0 Å². The quantitative estimate of drug-likeness (QED) is 0.810. The lowest BCUT2D eigenvalue weighted by molar-refractivity contribution is -0.140. The Morgan fingerprint density at radius 1 is 1.44 bits per heavy atom. The van der Waals surface area contributed by atoms with Gasteiger partial charge in [0.25, 0.3) is 5.91 Å². The maximum atomic E-state index is 12.0. The summed E-state index contributed by atoms with van der Waals surface area (Å²) < 4.78 is 1.78. The number of nitrogens with zero attached hydrogens (tertiary/aromatic N) is 1. The van der Waals surface area contributed by atoms with Crippen LogP contribution in [0.2, 0.25) is 0 Å². The number of carbonyl (C=O) groups is 2. The summed E-state index contributed by atoms with van der Waals surface area (Å²) in [4.78, 5) is 23.2. The second-order valence-corrected chi connectivity index (χ2v) is 4.35. The molecule has 1 aromatic rings. The highest BCUT2D eigenvalue weighted by Crippen LogP contribution is 2.10. The molecule has 5 nitrogen and oxygen atoms in total. The fourth-order valence-electron chi connectivity index (χ4n) is 1.79. The smallest absolute Gasteiger partial charge is 0.326 e. The molecular formula is C13H20N2O3. The van der Waals surface area contributed by atoms with Crippen molar-refractivity contribution in [3.8, 4) is 0 Å². The average Bonchev–Trinajstić information content (AvgIpc) is 2.82. The van der Waals surface area contributed by atoms with Gasteiger partial charge in [0.2, 0.25) is 0 Å². The number of aromatic nitrogens is 1. The van der Waals surface area contributed by atoms with Crippen molar-refractivity contribution in [3.05, 3.63) is 24.0 Å². The molecule has 0 aromatic carbocycles. The highest BCUT2D eigenvalue weighted by molar-refractivity contribution is 5.95. The van der Waals surface area contributed by atoms with Gasteiger partial charge in [0, 0.05) is 12.7 Å². The normalized spacial score (nSPS) is 13.9. The van der Waals surface area contributed by atoms with Crippen molar-refractivity contribution in [2.24, 2.45) is 5.92 Å². The molecule has 0 bridgehead atoms. The Hall–Kier alpha value is -1.78. The van der Waals surface area contributed by atoms with E-state index in [0.29, 0.717) is 18.7 Å². The third kappa shape index (κ3) is 3.12. The number of aliphatic carboxylic acids is 1. The lowest BCUT2D eigenvalue weighted by Gasteiger charge is -2.20. The van der Waals surface area contributed by atoms with Crippen LogP contribution in [0.25, 0.3) is 0 Å². The van der Waals surface area contributed by atoms with E-state index in [1.165, 1.54) is 0 Å². The van der Waals surface area contributed by atoms with Gasteiger partial charge >= 0.3 is 5.97 Å². The van der Waals surface area contributed by atoms with Crippen molar-refractivity contribution in [1.29, 1.82) is 0 Å². The van der Waals surface area contributed by atoms with Crippen molar-refractivity contribution >= 4 is 11.9 Å². The van der Waals surface area contributed by atoms with Gasteiger partial charge in [0.15, 0.2) is 0 Å². The van der Waals surface area contributed by atoms with Crippen LogP contribution in [-0.4, -0.2) is 27.6 Å². The number of carboxylic acid groups (broad SMARTS) is 1. The first-order valence-corrected chi connectivity index (χ1v) is 6.20. The molecule has 0 radical (unpaired) electrons. The van der Waals surface area contributed by atoms with E-state index < -0.39 is 12.0 Å². The number of amides is 1. The topological polar surface area (TPSA) is 71.3 Å². The number of hydrogen-bond donors (Lipinski definition) is 2. The highest BCUT2D eigenvalue weighted by atomic mass is 16.4. The van der Waals surface area contributed by atoms with Crippen LogP contribution in [0.1, 0.15) is 37.7 Å². The van der Waals surface area contributed by atoms with Crippen molar-refractivity contribution in [3.63, 3.8) is 0 Å². The van der Waals surface area contributed by atoms with Crippen LogP contribution in [0.15, 0.2) is 18.3 Å². The van der Waals surface area contributed by atoms with Gasteiger partial charge < -0.3 is 15.0 Å². The summed E-state index contributed by atoms with van der Waals surface area (Å²) in [7, 11) is 0. The van der Waals surface area contributed by atoms with Gasteiger partial charge in [-0.05, 0) is 25.0 Å². The molecule has 1 heterocycles. The number of hydrogen-bond acceptors (Lipinski definition) is 2. The molecule has 0 saturated carbocycles. The minimum atomic E-state index is -0.993. The molecule has 1 amide bonds. The molecule has 100 valence electrons. The fourth-order valence-corrected chi connectivity index (χ4v) is 1.79. The molecule has 0 spiro atoms. The van der Waals surface area contributed by atoms with E-state index in [2.05, 4.69) is 5.32 Å². The molecule has 0 aliphatic carbocycles. The Morgan fingerprint density at radius 2 is 2.11 bits per heavy atom. The van der Waals surface area contributed by atoms with Crippen LogP contribution in [0.3, 0.4) is 0 Å². The third-order valence-electron chi connectivity index (χ3n) is 3.17. The molecule has 18 heavy (non-hydrogen) atoms. The maximum absolute atomic E-state index is 12.0. The first kappa shape index (κ1) is 14.3. The monoisotopic (exact) mass is 252 g/mol. The van der Waals surface area contributed by atoms with E-state index >= 15 is 0 Å². The largest absolute Gasteiger partial charge is 0.480 e. The summed E-state index contributed by atoms with van der Waals surface area (Å²) in [6.45, 7) is 6.33. The second kappa shape index (κ2) is 6.23. The first-order chi connectivity index (χ1) is 8.51. The van der Waals surface area contributed by atoms with Crippen LogP contribution in [-0.2, 0) is 11.3 Å². The first-order valence-electron chi connectivity index (χ1n) is 6.20. The van der Waals surface area contributed by atoms with E-state index in [1.54, 1.807) is 22.9 Å². The molecule has 0 saturated heterocycles. The van der Waals surface area contributed by atoms with Gasteiger partial charge in [0.05, 0.1) is 0 Å². The predicted octanol–water partition coefficient (Wildman–Crippen LogP) is 1.74. The molecule has 2 N–H and O–H groups in total. The van der Waals surface area contributed by atoms with Crippen LogP contribution in [0.5, 0.6) is 0 Å². The van der Waals surface area contributed by atoms with Crippen LogP contribution < -0.4 is 5.32 Å². The van der Waals surface area contributed by atoms with Crippen LogP contribution >= 0.6 is 0 Å². The summed E-state index contributed by atoms with van der Waals surface area (Å²) in [5.74, 6) is -1.43.